The lowest BCUT2D eigenvalue weighted by Gasteiger charge is -2.06. The van der Waals surface area contributed by atoms with Crippen molar-refractivity contribution >= 4 is 34.5 Å². The highest BCUT2D eigenvalue weighted by atomic mass is 35.5. The van der Waals surface area contributed by atoms with Gasteiger partial charge in [-0.1, -0.05) is 23.7 Å². The van der Waals surface area contributed by atoms with Crippen molar-refractivity contribution in [3.05, 3.63) is 33.3 Å². The molecule has 94 valence electrons. The van der Waals surface area contributed by atoms with Crippen molar-refractivity contribution in [2.45, 2.75) is 19.3 Å². The summed E-state index contributed by atoms with van der Waals surface area (Å²) in [7, 11) is 0. The van der Waals surface area contributed by atoms with Crippen molar-refractivity contribution in [2.75, 3.05) is 13.1 Å². The molecule has 2 aromatic rings. The number of aromatic nitrogens is 1. The molecule has 0 spiro atoms. The summed E-state index contributed by atoms with van der Waals surface area (Å²) in [5, 5.41) is 1.87. The molecule has 0 N–H and O–H groups in total. The van der Waals surface area contributed by atoms with Crippen LogP contribution in [0.15, 0.2) is 24.3 Å². The van der Waals surface area contributed by atoms with E-state index in [2.05, 4.69) is 8.95 Å². The summed E-state index contributed by atoms with van der Waals surface area (Å²) in [5.74, 6) is 0. The summed E-state index contributed by atoms with van der Waals surface area (Å²) in [6.07, 6.45) is 3.98. The molecule has 0 bridgehead atoms. The first kappa shape index (κ1) is 12.3. The highest BCUT2D eigenvalue weighted by Gasteiger charge is 2.14. The summed E-state index contributed by atoms with van der Waals surface area (Å²) in [4.78, 5) is 0. The first-order valence-electron chi connectivity index (χ1n) is 6.13. The summed E-state index contributed by atoms with van der Waals surface area (Å²) < 4.78 is 8.36. The molecule has 1 aromatic heterocycles. The Morgan fingerprint density at radius 3 is 2.50 bits per heavy atom. The van der Waals surface area contributed by atoms with Gasteiger partial charge in [-0.15, -0.1) is 0 Å². The molecule has 1 saturated heterocycles. The van der Waals surface area contributed by atoms with Crippen LogP contribution in [0.2, 0.25) is 5.02 Å². The number of hydrogen-bond donors (Lipinski definition) is 0. The molecule has 0 atom stereocenters. The third-order valence-corrected chi connectivity index (χ3v) is 5.58. The number of rotatable bonds is 1. The van der Waals surface area contributed by atoms with Gasteiger partial charge in [0.1, 0.15) is 18.1 Å². The fourth-order valence-corrected chi connectivity index (χ4v) is 4.28. The lowest BCUT2D eigenvalue weighted by atomic mass is 10.2. The SMILES string of the molecule is Clc1ccc(-c2nsc(=[N+]3CCCCC3)s2)cc1. The maximum atomic E-state index is 5.90. The predicted molar refractivity (Wildman–Crippen MR) is 79.3 cm³/mol. The van der Waals surface area contributed by atoms with Crippen LogP contribution in [-0.2, 0) is 0 Å². The van der Waals surface area contributed by atoms with Gasteiger partial charge in [-0.25, -0.2) is 4.58 Å². The van der Waals surface area contributed by atoms with Crippen LogP contribution in [0, 0.1) is 0 Å². The Hall–Kier alpha value is -0.710. The molecule has 0 saturated carbocycles. The molecule has 5 heteroatoms. The van der Waals surface area contributed by atoms with Crippen LogP contribution in [-0.4, -0.2) is 17.5 Å². The predicted octanol–water partition coefficient (Wildman–Crippen LogP) is 3.48. The standard InChI is InChI=1S/C13H14ClN2S2/c14-11-6-4-10(5-7-11)12-15-18-13(17-12)16-8-2-1-3-9-16/h4-7H,1-3,8-9H2/q+1. The van der Waals surface area contributed by atoms with E-state index in [9.17, 15) is 0 Å². The monoisotopic (exact) mass is 297 g/mol. The average molecular weight is 298 g/mol. The lowest BCUT2D eigenvalue weighted by Crippen LogP contribution is -2.31. The minimum absolute atomic E-state index is 0.773. The van der Waals surface area contributed by atoms with Gasteiger partial charge >= 0.3 is 3.98 Å². The minimum atomic E-state index is 0.773. The van der Waals surface area contributed by atoms with Crippen LogP contribution >= 0.6 is 34.5 Å². The van der Waals surface area contributed by atoms with Gasteiger partial charge in [0.15, 0.2) is 0 Å². The highest BCUT2D eigenvalue weighted by Crippen LogP contribution is 2.22. The average Bonchev–Trinajstić information content (AvgIpc) is 2.90. The van der Waals surface area contributed by atoms with Crippen LogP contribution in [0.4, 0.5) is 0 Å². The maximum Gasteiger partial charge on any atom is 0.333 e. The van der Waals surface area contributed by atoms with Gasteiger partial charge in [-0.2, -0.15) is 4.37 Å². The van der Waals surface area contributed by atoms with E-state index in [1.54, 1.807) is 22.9 Å². The quantitative estimate of drug-likeness (QED) is 0.736. The first-order valence-corrected chi connectivity index (χ1v) is 8.10. The molecule has 0 amide bonds. The summed E-state index contributed by atoms with van der Waals surface area (Å²) in [6.45, 7) is 2.36. The molecule has 1 aliphatic rings. The van der Waals surface area contributed by atoms with Gasteiger partial charge in [0, 0.05) is 35.0 Å². The second-order valence-corrected chi connectivity index (χ2v) is 6.83. The molecule has 2 heterocycles. The van der Waals surface area contributed by atoms with Gasteiger partial charge < -0.3 is 0 Å². The van der Waals surface area contributed by atoms with Crippen LogP contribution in [0.1, 0.15) is 19.3 Å². The Morgan fingerprint density at radius 2 is 1.78 bits per heavy atom. The molecule has 18 heavy (non-hydrogen) atoms. The Balaban J connectivity index is 1.96. The number of nitrogens with zero attached hydrogens (tertiary/aromatic N) is 2. The maximum absolute atomic E-state index is 5.90. The third kappa shape index (κ3) is 2.66. The molecule has 2 nitrogen and oxygen atoms in total. The van der Waals surface area contributed by atoms with E-state index in [1.807, 2.05) is 24.3 Å². The van der Waals surface area contributed by atoms with Gasteiger partial charge in [-0.3, -0.25) is 0 Å². The summed E-state index contributed by atoms with van der Waals surface area (Å²) >= 11 is 9.31. The molecule has 1 aromatic carbocycles. The van der Waals surface area contributed by atoms with Gasteiger partial charge in [0.05, 0.1) is 0 Å². The normalized spacial score (nSPS) is 15.9. The van der Waals surface area contributed by atoms with Gasteiger partial charge in [0.25, 0.3) is 0 Å². The van der Waals surface area contributed by atoms with E-state index in [4.69, 9.17) is 11.6 Å². The van der Waals surface area contributed by atoms with Crippen LogP contribution in [0.3, 0.4) is 0 Å². The van der Waals surface area contributed by atoms with Gasteiger partial charge in [-0.05, 0) is 29.9 Å². The molecule has 1 fully saturated rings. The number of piperidine rings is 1. The van der Waals surface area contributed by atoms with Crippen LogP contribution in [0.5, 0.6) is 0 Å². The van der Waals surface area contributed by atoms with E-state index >= 15 is 0 Å². The second-order valence-electron chi connectivity index (χ2n) is 4.41. The van der Waals surface area contributed by atoms with E-state index in [1.165, 1.54) is 36.3 Å². The van der Waals surface area contributed by atoms with Crippen molar-refractivity contribution in [1.29, 1.82) is 0 Å². The zero-order valence-corrected chi connectivity index (χ0v) is 12.3. The number of hydrogen-bond acceptors (Lipinski definition) is 3. The summed E-state index contributed by atoms with van der Waals surface area (Å²) in [6, 6.07) is 7.91. The largest absolute Gasteiger partial charge is 0.333 e. The van der Waals surface area contributed by atoms with Crippen molar-refractivity contribution < 1.29 is 0 Å². The van der Waals surface area contributed by atoms with Crippen LogP contribution < -0.4 is 8.56 Å². The number of halogens is 1. The molecular formula is C13H14ClN2S2+. The Bertz CT molecular complexity index is 590. The van der Waals surface area contributed by atoms with Gasteiger partial charge in [0.2, 0.25) is 0 Å². The van der Waals surface area contributed by atoms with Crippen molar-refractivity contribution in [1.82, 2.24) is 8.95 Å². The topological polar surface area (TPSA) is 15.9 Å². The Kier molecular flexibility index (Phi) is 3.77. The molecule has 1 aliphatic heterocycles. The van der Waals surface area contributed by atoms with Crippen LogP contribution in [0.25, 0.3) is 10.6 Å². The van der Waals surface area contributed by atoms with Crippen molar-refractivity contribution in [3.63, 3.8) is 0 Å². The van der Waals surface area contributed by atoms with E-state index < -0.39 is 0 Å². The zero-order chi connectivity index (χ0) is 12.4. The van der Waals surface area contributed by atoms with E-state index in [-0.39, 0.29) is 0 Å². The Morgan fingerprint density at radius 1 is 1.06 bits per heavy atom. The molecular weight excluding hydrogens is 284 g/mol. The zero-order valence-electron chi connectivity index (χ0n) is 9.93. The highest BCUT2D eigenvalue weighted by molar-refractivity contribution is 7.25. The molecule has 0 aliphatic carbocycles. The third-order valence-electron chi connectivity index (χ3n) is 3.10. The van der Waals surface area contributed by atoms with E-state index in [0.29, 0.717) is 0 Å². The minimum Gasteiger partial charge on any atom is -0.211 e. The van der Waals surface area contributed by atoms with Crippen molar-refractivity contribution in [2.24, 2.45) is 0 Å². The smallest absolute Gasteiger partial charge is 0.211 e. The molecule has 3 rings (SSSR count). The lowest BCUT2D eigenvalue weighted by molar-refractivity contribution is 0.459. The summed E-state index contributed by atoms with van der Waals surface area (Å²) in [5.41, 5.74) is 1.16. The first-order chi connectivity index (χ1) is 8.83. The Labute approximate surface area is 119 Å². The second kappa shape index (κ2) is 5.51. The fraction of sp³-hybridized carbons (Fsp3) is 0.385. The fourth-order valence-electron chi connectivity index (χ4n) is 2.10. The molecule has 0 unspecified atom stereocenters. The number of benzene rings is 1. The molecule has 0 radical (unpaired) electrons. The van der Waals surface area contributed by atoms with E-state index in [0.717, 1.165) is 15.6 Å². The van der Waals surface area contributed by atoms with Crippen molar-refractivity contribution in [3.8, 4) is 10.6 Å².